The summed E-state index contributed by atoms with van der Waals surface area (Å²) in [4.78, 5) is 28.3. The molecule has 4 rings (SSSR count). The van der Waals surface area contributed by atoms with E-state index in [1.54, 1.807) is 37.1 Å². The molecule has 2 amide bonds. The van der Waals surface area contributed by atoms with Crippen LogP contribution in [0.2, 0.25) is 0 Å². The van der Waals surface area contributed by atoms with Gasteiger partial charge in [-0.2, -0.15) is 0 Å². The number of anilines is 1. The Kier molecular flexibility index (Phi) is 7.69. The lowest BCUT2D eigenvalue weighted by atomic mass is 10.1. The van der Waals surface area contributed by atoms with Gasteiger partial charge in [-0.3, -0.25) is 13.9 Å². The Hall–Kier alpha value is -3.59. The number of benzene rings is 3. The zero-order chi connectivity index (χ0) is 27.7. The first-order valence-corrected chi connectivity index (χ1v) is 14.2. The van der Waals surface area contributed by atoms with Crippen molar-refractivity contribution in [1.29, 1.82) is 0 Å². The molecule has 0 radical (unpaired) electrons. The summed E-state index contributed by atoms with van der Waals surface area (Å²) in [6, 6.07) is 17.4. The van der Waals surface area contributed by atoms with Crippen LogP contribution < -0.4 is 14.4 Å². The molecule has 1 atom stereocenters. The average molecular weight is 538 g/mol. The van der Waals surface area contributed by atoms with Crippen molar-refractivity contribution in [3.63, 3.8) is 0 Å². The van der Waals surface area contributed by atoms with Gasteiger partial charge in [0.1, 0.15) is 11.8 Å². The number of carbonyl (C=O) groups is 2. The molecule has 0 aromatic heterocycles. The zero-order valence-corrected chi connectivity index (χ0v) is 23.3. The van der Waals surface area contributed by atoms with Gasteiger partial charge in [-0.15, -0.1) is 0 Å². The molecule has 38 heavy (non-hydrogen) atoms. The van der Waals surface area contributed by atoms with Gasteiger partial charge in [0.05, 0.1) is 17.7 Å². The lowest BCUT2D eigenvalue weighted by molar-refractivity contribution is -0.141. The molecule has 3 aromatic rings. The fraction of sp³-hybridized carbons (Fsp3) is 0.379. The minimum Gasteiger partial charge on any atom is -0.497 e. The highest BCUT2D eigenvalue weighted by Gasteiger charge is 2.35. The molecule has 0 spiro atoms. The lowest BCUT2D eigenvalue weighted by Crippen LogP contribution is -2.52. The van der Waals surface area contributed by atoms with Crippen LogP contribution in [0.1, 0.15) is 46.1 Å². The maximum absolute atomic E-state index is 13.5. The van der Waals surface area contributed by atoms with Crippen molar-refractivity contribution < 1.29 is 22.7 Å². The molecule has 3 aromatic carbocycles. The van der Waals surface area contributed by atoms with Crippen LogP contribution in [0, 0.1) is 0 Å². The number of hydrogen-bond donors (Lipinski definition) is 1. The number of sulfonamides is 1. The van der Waals surface area contributed by atoms with Crippen molar-refractivity contribution in [1.82, 2.24) is 10.2 Å². The first-order valence-electron chi connectivity index (χ1n) is 12.7. The summed E-state index contributed by atoms with van der Waals surface area (Å²) in [5.74, 6) is 0.185. The van der Waals surface area contributed by atoms with Crippen LogP contribution in [-0.2, 0) is 26.2 Å². The average Bonchev–Trinajstić information content (AvgIpc) is 3.09. The molecule has 0 bridgehead atoms. The molecule has 0 saturated heterocycles. The standard InChI is InChI=1S/C29H35N3O5S/c1-20(28(34)30-29(2,3)4)31(19-21-10-6-13-23(18-21)37-5)26(33)16-9-17-32-24-14-7-11-22-12-8-15-25(27(22)24)38(32,35)36/h6-8,10-15,18,20H,9,16-17,19H2,1-5H3,(H,30,34)/t20-/m0/s1. The molecule has 1 N–H and O–H groups in total. The number of rotatable bonds is 9. The van der Waals surface area contributed by atoms with Crippen molar-refractivity contribution in [2.24, 2.45) is 0 Å². The third-order valence-electron chi connectivity index (χ3n) is 6.59. The van der Waals surface area contributed by atoms with E-state index < -0.39 is 21.6 Å². The minimum absolute atomic E-state index is 0.0927. The summed E-state index contributed by atoms with van der Waals surface area (Å²) in [6.45, 7) is 7.77. The third-order valence-corrected chi connectivity index (χ3v) is 8.44. The molecule has 0 fully saturated rings. The van der Waals surface area contributed by atoms with Gasteiger partial charge in [0, 0.05) is 30.4 Å². The van der Waals surface area contributed by atoms with Crippen LogP contribution in [-0.4, -0.2) is 50.4 Å². The second-order valence-electron chi connectivity index (χ2n) is 10.6. The third kappa shape index (κ3) is 5.62. The molecule has 0 saturated carbocycles. The van der Waals surface area contributed by atoms with Gasteiger partial charge in [0.2, 0.25) is 11.8 Å². The number of amides is 2. The Morgan fingerprint density at radius 3 is 2.42 bits per heavy atom. The maximum Gasteiger partial charge on any atom is 0.265 e. The van der Waals surface area contributed by atoms with Crippen LogP contribution in [0.4, 0.5) is 5.69 Å². The summed E-state index contributed by atoms with van der Waals surface area (Å²) < 4.78 is 33.3. The van der Waals surface area contributed by atoms with Crippen molar-refractivity contribution >= 4 is 38.3 Å². The molecule has 0 unspecified atom stereocenters. The summed E-state index contributed by atoms with van der Waals surface area (Å²) in [6.07, 6.45) is 0.403. The van der Waals surface area contributed by atoms with E-state index in [0.717, 1.165) is 10.9 Å². The Morgan fingerprint density at radius 1 is 1.05 bits per heavy atom. The van der Waals surface area contributed by atoms with Crippen molar-refractivity contribution in [3.8, 4) is 5.75 Å². The van der Waals surface area contributed by atoms with Crippen molar-refractivity contribution in [2.45, 2.75) is 63.6 Å². The molecule has 202 valence electrons. The molecule has 1 aliphatic rings. The number of carbonyl (C=O) groups excluding carboxylic acids is 2. The fourth-order valence-electron chi connectivity index (χ4n) is 4.74. The second kappa shape index (κ2) is 10.6. The van der Waals surface area contributed by atoms with Gasteiger partial charge in [0.25, 0.3) is 10.0 Å². The molecule has 1 aliphatic heterocycles. The van der Waals surface area contributed by atoms with E-state index in [1.165, 1.54) is 4.31 Å². The highest BCUT2D eigenvalue weighted by atomic mass is 32.2. The smallest absolute Gasteiger partial charge is 0.265 e. The van der Waals surface area contributed by atoms with Gasteiger partial charge in [0.15, 0.2) is 0 Å². The first kappa shape index (κ1) is 27.4. The van der Waals surface area contributed by atoms with Crippen LogP contribution in [0.15, 0.2) is 65.6 Å². The predicted molar refractivity (Wildman–Crippen MR) is 149 cm³/mol. The van der Waals surface area contributed by atoms with E-state index in [2.05, 4.69) is 5.32 Å². The molecule has 0 aliphatic carbocycles. The number of methoxy groups -OCH3 is 1. The first-order chi connectivity index (χ1) is 17.9. The van der Waals surface area contributed by atoms with Gasteiger partial charge in [-0.25, -0.2) is 8.42 Å². The van der Waals surface area contributed by atoms with Gasteiger partial charge < -0.3 is 15.0 Å². The molecule has 9 heteroatoms. The highest BCUT2D eigenvalue weighted by Crippen LogP contribution is 2.42. The van der Waals surface area contributed by atoms with Crippen LogP contribution in [0.25, 0.3) is 10.8 Å². The van der Waals surface area contributed by atoms with Crippen LogP contribution in [0.5, 0.6) is 5.75 Å². The summed E-state index contributed by atoms with van der Waals surface area (Å²) in [7, 11) is -2.12. The Balaban J connectivity index is 1.51. The van der Waals surface area contributed by atoms with E-state index >= 15 is 0 Å². The normalized spacial score (nSPS) is 14.8. The van der Waals surface area contributed by atoms with Gasteiger partial charge >= 0.3 is 0 Å². The van der Waals surface area contributed by atoms with E-state index in [4.69, 9.17) is 4.74 Å². The monoisotopic (exact) mass is 537 g/mol. The summed E-state index contributed by atoms with van der Waals surface area (Å²) in [5.41, 5.74) is 1.02. The fourth-order valence-corrected chi connectivity index (χ4v) is 6.49. The van der Waals surface area contributed by atoms with Gasteiger partial charge in [-0.05, 0) is 69.3 Å². The number of hydrogen-bond acceptors (Lipinski definition) is 5. The zero-order valence-electron chi connectivity index (χ0n) is 22.5. The number of nitrogens with one attached hydrogen (secondary N) is 1. The number of ether oxygens (including phenoxy) is 1. The largest absolute Gasteiger partial charge is 0.497 e. The van der Waals surface area contributed by atoms with E-state index in [0.29, 0.717) is 28.1 Å². The minimum atomic E-state index is -3.69. The second-order valence-corrected chi connectivity index (χ2v) is 12.4. The SMILES string of the molecule is COc1cccc(CN(C(=O)CCCN2c3cccc4cccc(c34)S2(=O)=O)[C@@H](C)C(=O)NC(C)(C)C)c1. The lowest BCUT2D eigenvalue weighted by Gasteiger charge is -2.31. The van der Waals surface area contributed by atoms with Crippen LogP contribution in [0.3, 0.4) is 0 Å². The van der Waals surface area contributed by atoms with Crippen molar-refractivity contribution in [3.05, 3.63) is 66.2 Å². The topological polar surface area (TPSA) is 96.0 Å². The predicted octanol–water partition coefficient (Wildman–Crippen LogP) is 4.47. The van der Waals surface area contributed by atoms with E-state index in [-0.39, 0.29) is 31.3 Å². The Labute approximate surface area is 224 Å². The van der Waals surface area contributed by atoms with E-state index in [1.807, 2.05) is 63.2 Å². The molecular formula is C29H35N3O5S. The Morgan fingerprint density at radius 2 is 1.74 bits per heavy atom. The van der Waals surface area contributed by atoms with Gasteiger partial charge in [-0.1, -0.05) is 36.4 Å². The molecule has 8 nitrogen and oxygen atoms in total. The number of nitrogens with zero attached hydrogens (tertiary/aromatic N) is 2. The molecule has 1 heterocycles. The Bertz CT molecular complexity index is 1460. The summed E-state index contributed by atoms with van der Waals surface area (Å²) in [5, 5.41) is 4.53. The van der Waals surface area contributed by atoms with Crippen molar-refractivity contribution in [2.75, 3.05) is 18.0 Å². The van der Waals surface area contributed by atoms with E-state index in [9.17, 15) is 18.0 Å². The maximum atomic E-state index is 13.5. The van der Waals surface area contributed by atoms with Crippen LogP contribution >= 0.6 is 0 Å². The summed E-state index contributed by atoms with van der Waals surface area (Å²) >= 11 is 0. The molecular weight excluding hydrogens is 502 g/mol. The quantitative estimate of drug-likeness (QED) is 0.435. The highest BCUT2D eigenvalue weighted by molar-refractivity contribution is 7.93.